The quantitative estimate of drug-likeness (QED) is 0.329. The molecule has 1 amide bonds. The fraction of sp³-hybridized carbons (Fsp3) is 0.680. The van der Waals surface area contributed by atoms with Crippen molar-refractivity contribution in [1.29, 1.82) is 0 Å². The smallest absolute Gasteiger partial charge is 0.309 e. The van der Waals surface area contributed by atoms with Crippen LogP contribution in [-0.4, -0.2) is 36.5 Å². The molecule has 0 N–H and O–H groups in total. The lowest BCUT2D eigenvalue weighted by Gasteiger charge is -2.31. The van der Waals surface area contributed by atoms with Crippen LogP contribution in [0.25, 0.3) is 0 Å². The number of piperidine rings is 1. The summed E-state index contributed by atoms with van der Waals surface area (Å²) in [5.74, 6) is -0.0626. The molecule has 1 fully saturated rings. The van der Waals surface area contributed by atoms with Crippen molar-refractivity contribution in [2.24, 2.45) is 5.92 Å². The second-order valence-corrected chi connectivity index (χ2v) is 8.30. The molecule has 4 heteroatoms. The minimum atomic E-state index is -0.0778. The number of carbonyl (C=O) groups excluding carboxylic acids is 2. The van der Waals surface area contributed by atoms with Gasteiger partial charge in [0.2, 0.25) is 0 Å². The number of carbonyl (C=O) groups is 2. The third-order valence-corrected chi connectivity index (χ3v) is 5.88. The van der Waals surface area contributed by atoms with E-state index >= 15 is 0 Å². The summed E-state index contributed by atoms with van der Waals surface area (Å²) < 4.78 is 5.47. The van der Waals surface area contributed by atoms with Crippen molar-refractivity contribution in [2.45, 2.75) is 84.5 Å². The van der Waals surface area contributed by atoms with Crippen molar-refractivity contribution < 1.29 is 14.3 Å². The number of ether oxygens (including phenoxy) is 1. The average molecular weight is 402 g/mol. The van der Waals surface area contributed by atoms with E-state index in [9.17, 15) is 9.59 Å². The van der Waals surface area contributed by atoms with Gasteiger partial charge in [0, 0.05) is 18.7 Å². The van der Waals surface area contributed by atoms with E-state index in [1.54, 1.807) is 0 Å². The largest absolute Gasteiger partial charge is 0.465 e. The first-order valence-corrected chi connectivity index (χ1v) is 11.7. The Morgan fingerprint density at radius 3 is 2.17 bits per heavy atom. The minimum absolute atomic E-state index is 0.0597. The molecule has 0 atom stereocenters. The maximum absolute atomic E-state index is 12.7. The van der Waals surface area contributed by atoms with Crippen LogP contribution in [0, 0.1) is 5.92 Å². The zero-order chi connectivity index (χ0) is 20.9. The summed E-state index contributed by atoms with van der Waals surface area (Å²) in [6.07, 6.45) is 12.0. The standard InChI is InChI=1S/C25H39NO3/c1-3-5-7-8-9-10-20-29-25(28)23-16-18-26(19-17-23)24(27)22-14-12-21(13-15-22)11-6-4-2/h12-15,23H,3-11,16-20H2,1-2H3. The third-order valence-electron chi connectivity index (χ3n) is 5.88. The molecule has 0 bridgehead atoms. The predicted molar refractivity (Wildman–Crippen MR) is 118 cm³/mol. The fourth-order valence-electron chi connectivity index (χ4n) is 3.87. The molecule has 1 aliphatic rings. The molecule has 29 heavy (non-hydrogen) atoms. The molecular formula is C25H39NO3. The van der Waals surface area contributed by atoms with Gasteiger partial charge in [0.15, 0.2) is 0 Å². The Morgan fingerprint density at radius 2 is 1.52 bits per heavy atom. The third kappa shape index (κ3) is 8.20. The first kappa shape index (κ1) is 23.4. The van der Waals surface area contributed by atoms with Gasteiger partial charge >= 0.3 is 5.97 Å². The summed E-state index contributed by atoms with van der Waals surface area (Å²) in [6, 6.07) is 8.01. The van der Waals surface area contributed by atoms with Crippen molar-refractivity contribution in [3.8, 4) is 0 Å². The highest BCUT2D eigenvalue weighted by Gasteiger charge is 2.28. The SMILES string of the molecule is CCCCCCCCOC(=O)C1CCN(C(=O)c2ccc(CCCC)cc2)CC1. The average Bonchev–Trinajstić information content (AvgIpc) is 2.77. The normalized spacial score (nSPS) is 14.8. The lowest BCUT2D eigenvalue weighted by Crippen LogP contribution is -2.40. The van der Waals surface area contributed by atoms with E-state index in [2.05, 4.69) is 26.0 Å². The molecule has 0 aliphatic carbocycles. The first-order chi connectivity index (χ1) is 14.2. The summed E-state index contributed by atoms with van der Waals surface area (Å²) in [5, 5.41) is 0. The van der Waals surface area contributed by atoms with Crippen molar-refractivity contribution in [2.75, 3.05) is 19.7 Å². The Bertz CT molecular complexity index is 603. The topological polar surface area (TPSA) is 46.6 Å². The number of hydrogen-bond donors (Lipinski definition) is 0. The molecule has 162 valence electrons. The molecule has 1 aliphatic heterocycles. The van der Waals surface area contributed by atoms with Gasteiger partial charge in [0.1, 0.15) is 0 Å². The number of rotatable bonds is 12. The van der Waals surface area contributed by atoms with Crippen LogP contribution in [0.1, 0.15) is 94.0 Å². The van der Waals surface area contributed by atoms with E-state index in [-0.39, 0.29) is 17.8 Å². The van der Waals surface area contributed by atoms with Gasteiger partial charge < -0.3 is 9.64 Å². The maximum atomic E-state index is 12.7. The van der Waals surface area contributed by atoms with Gasteiger partial charge in [0.25, 0.3) is 5.91 Å². The van der Waals surface area contributed by atoms with Crippen molar-refractivity contribution in [1.82, 2.24) is 4.90 Å². The van der Waals surface area contributed by atoms with Crippen LogP contribution in [0.5, 0.6) is 0 Å². The summed E-state index contributed by atoms with van der Waals surface area (Å²) in [4.78, 5) is 26.9. The maximum Gasteiger partial charge on any atom is 0.309 e. The monoisotopic (exact) mass is 401 g/mol. The Balaban J connectivity index is 1.67. The highest BCUT2D eigenvalue weighted by molar-refractivity contribution is 5.94. The Kier molecular flexibility index (Phi) is 10.8. The molecule has 0 saturated carbocycles. The highest BCUT2D eigenvalue weighted by atomic mass is 16.5. The van der Waals surface area contributed by atoms with Gasteiger partial charge in [-0.25, -0.2) is 0 Å². The molecular weight excluding hydrogens is 362 g/mol. The van der Waals surface area contributed by atoms with E-state index in [1.165, 1.54) is 44.1 Å². The van der Waals surface area contributed by atoms with Crippen LogP contribution in [-0.2, 0) is 16.0 Å². The van der Waals surface area contributed by atoms with Crippen LogP contribution in [0.3, 0.4) is 0 Å². The number of aryl methyl sites for hydroxylation is 1. The van der Waals surface area contributed by atoms with Crippen molar-refractivity contribution >= 4 is 11.9 Å². The van der Waals surface area contributed by atoms with Crippen LogP contribution in [0.2, 0.25) is 0 Å². The van der Waals surface area contributed by atoms with Gasteiger partial charge in [-0.2, -0.15) is 0 Å². The molecule has 1 heterocycles. The van der Waals surface area contributed by atoms with Crippen LogP contribution >= 0.6 is 0 Å². The fourth-order valence-corrected chi connectivity index (χ4v) is 3.87. The van der Waals surface area contributed by atoms with E-state index in [4.69, 9.17) is 4.74 Å². The number of likely N-dealkylation sites (tertiary alicyclic amines) is 1. The predicted octanol–water partition coefficient (Wildman–Crippen LogP) is 5.79. The van der Waals surface area contributed by atoms with Gasteiger partial charge in [-0.1, -0.05) is 64.5 Å². The molecule has 4 nitrogen and oxygen atoms in total. The van der Waals surface area contributed by atoms with Crippen LogP contribution in [0.15, 0.2) is 24.3 Å². The Morgan fingerprint density at radius 1 is 0.897 bits per heavy atom. The molecule has 1 saturated heterocycles. The summed E-state index contributed by atoms with van der Waals surface area (Å²) >= 11 is 0. The Hall–Kier alpha value is -1.84. The number of benzene rings is 1. The second-order valence-electron chi connectivity index (χ2n) is 8.30. The van der Waals surface area contributed by atoms with E-state index in [1.807, 2.05) is 17.0 Å². The molecule has 0 spiro atoms. The Labute approximate surface area is 177 Å². The van der Waals surface area contributed by atoms with Gasteiger partial charge in [-0.15, -0.1) is 0 Å². The van der Waals surface area contributed by atoms with Crippen molar-refractivity contribution in [3.05, 3.63) is 35.4 Å². The molecule has 0 aromatic heterocycles. The molecule has 2 rings (SSSR count). The highest BCUT2D eigenvalue weighted by Crippen LogP contribution is 2.21. The zero-order valence-corrected chi connectivity index (χ0v) is 18.5. The summed E-state index contributed by atoms with van der Waals surface area (Å²) in [6.45, 7) is 6.20. The van der Waals surface area contributed by atoms with E-state index in [0.29, 0.717) is 32.5 Å². The summed E-state index contributed by atoms with van der Waals surface area (Å²) in [5.41, 5.74) is 2.03. The second kappa shape index (κ2) is 13.4. The van der Waals surface area contributed by atoms with Crippen LogP contribution < -0.4 is 0 Å². The lowest BCUT2D eigenvalue weighted by atomic mass is 9.96. The molecule has 1 aromatic carbocycles. The van der Waals surface area contributed by atoms with Gasteiger partial charge in [-0.3, -0.25) is 9.59 Å². The minimum Gasteiger partial charge on any atom is -0.465 e. The molecule has 0 unspecified atom stereocenters. The number of unbranched alkanes of at least 4 members (excludes halogenated alkanes) is 6. The number of nitrogens with zero attached hydrogens (tertiary/aromatic N) is 1. The van der Waals surface area contributed by atoms with Crippen LogP contribution in [0.4, 0.5) is 0 Å². The van der Waals surface area contributed by atoms with E-state index < -0.39 is 0 Å². The number of amides is 1. The lowest BCUT2D eigenvalue weighted by molar-refractivity contribution is -0.150. The van der Waals surface area contributed by atoms with E-state index in [0.717, 1.165) is 24.8 Å². The molecule has 1 aromatic rings. The number of esters is 1. The zero-order valence-electron chi connectivity index (χ0n) is 18.5. The molecule has 0 radical (unpaired) electrons. The van der Waals surface area contributed by atoms with Crippen molar-refractivity contribution in [3.63, 3.8) is 0 Å². The first-order valence-electron chi connectivity index (χ1n) is 11.7. The number of hydrogen-bond acceptors (Lipinski definition) is 3. The van der Waals surface area contributed by atoms with Gasteiger partial charge in [-0.05, 0) is 49.8 Å². The van der Waals surface area contributed by atoms with Gasteiger partial charge in [0.05, 0.1) is 12.5 Å². The summed E-state index contributed by atoms with van der Waals surface area (Å²) in [7, 11) is 0.